The Labute approximate surface area is 385 Å². The van der Waals surface area contributed by atoms with Crippen LogP contribution in [0.4, 0.5) is 4.79 Å². The summed E-state index contributed by atoms with van der Waals surface area (Å²) in [5.41, 5.74) is 4.13. The summed E-state index contributed by atoms with van der Waals surface area (Å²) in [7, 11) is 0. The number of benzene rings is 2. The van der Waals surface area contributed by atoms with Crippen LogP contribution in [0.15, 0.2) is 48.5 Å². The zero-order chi connectivity index (χ0) is 47.7. The highest BCUT2D eigenvalue weighted by Gasteiger charge is 2.35. The van der Waals surface area contributed by atoms with Crippen molar-refractivity contribution in [2.75, 3.05) is 32.8 Å². The topological polar surface area (TPSA) is 209 Å². The van der Waals surface area contributed by atoms with E-state index < -0.39 is 85.3 Å². The van der Waals surface area contributed by atoms with Gasteiger partial charge in [-0.15, -0.1) is 0 Å². The van der Waals surface area contributed by atoms with E-state index in [-0.39, 0.29) is 32.0 Å². The number of ether oxygens (including phenoxy) is 2. The van der Waals surface area contributed by atoms with Gasteiger partial charge in [0.15, 0.2) is 0 Å². The largest absolute Gasteiger partial charge is 0.481 e. The van der Waals surface area contributed by atoms with Gasteiger partial charge in [0.1, 0.15) is 31.3 Å². The number of rotatable bonds is 32. The normalized spacial score (nSPS) is 13.2. The summed E-state index contributed by atoms with van der Waals surface area (Å²) in [4.78, 5) is 94.6. The molecule has 0 bridgehead atoms. The lowest BCUT2D eigenvalue weighted by Crippen LogP contribution is -2.57. The summed E-state index contributed by atoms with van der Waals surface area (Å²) in [5, 5.41) is 24.5. The van der Waals surface area contributed by atoms with Crippen molar-refractivity contribution in [1.82, 2.24) is 20.4 Å². The van der Waals surface area contributed by atoms with Gasteiger partial charge in [0.2, 0.25) is 17.7 Å². The molecule has 0 aromatic heterocycles. The molecule has 0 heterocycles. The fourth-order valence-electron chi connectivity index (χ4n) is 8.14. The molecule has 0 radical (unpaired) electrons. The van der Waals surface area contributed by atoms with Crippen LogP contribution < -0.4 is 10.6 Å². The number of aliphatic carboxylic acids is 2. The monoisotopic (exact) mass is 907 g/mol. The maximum absolute atomic E-state index is 14.2. The number of unbranched alkanes of at least 4 members (excludes halogenated alkanes) is 10. The van der Waals surface area contributed by atoms with Crippen LogP contribution in [0.1, 0.15) is 154 Å². The molecule has 1 aliphatic rings. The minimum atomic E-state index is -1.60. The van der Waals surface area contributed by atoms with Crippen LogP contribution in [0.5, 0.6) is 0 Å². The number of carbonyl (C=O) groups excluding carboxylic acids is 5. The Kier molecular flexibility index (Phi) is 24.2. The van der Waals surface area contributed by atoms with Crippen molar-refractivity contribution in [2.24, 2.45) is 5.92 Å². The van der Waals surface area contributed by atoms with Gasteiger partial charge >= 0.3 is 24.0 Å². The molecule has 1 unspecified atom stereocenters. The standard InChI is InChI=1S/C50H74N4O11/c1-6-9-12-13-14-15-16-17-18-23-36(30-44(56)57)65-46(60)33-53(28-10-7-2)43(55)32-54(29-11-8-3)49(62)42(31-45(58)59)51-48(61)47(35(4)5)52-50(63)64-34-41-39-26-21-19-24-37(39)38-25-20-22-27-40(38)41/h19-22,24-27,35-36,41-42,47H,6-18,23,28-34H2,1-5H3,(H,51,61)(H,52,63)(H,56,57)(H,58,59)/t36?,42-,47-/m0/s1. The average Bonchev–Trinajstić information content (AvgIpc) is 3.59. The molecule has 4 N–H and O–H groups in total. The third-order valence-electron chi connectivity index (χ3n) is 11.8. The highest BCUT2D eigenvalue weighted by Crippen LogP contribution is 2.44. The van der Waals surface area contributed by atoms with Crippen molar-refractivity contribution in [3.8, 4) is 11.1 Å². The molecule has 65 heavy (non-hydrogen) atoms. The summed E-state index contributed by atoms with van der Waals surface area (Å²) in [5.74, 6) is -6.16. The molecule has 1 aliphatic carbocycles. The van der Waals surface area contributed by atoms with Gasteiger partial charge < -0.3 is 40.1 Å². The van der Waals surface area contributed by atoms with Gasteiger partial charge in [0, 0.05) is 19.0 Å². The van der Waals surface area contributed by atoms with Gasteiger partial charge in [-0.3, -0.25) is 28.8 Å². The summed E-state index contributed by atoms with van der Waals surface area (Å²) in [6, 6.07) is 12.9. The van der Waals surface area contributed by atoms with Gasteiger partial charge in [-0.1, -0.05) is 147 Å². The van der Waals surface area contributed by atoms with E-state index in [1.807, 2.05) is 62.4 Å². The summed E-state index contributed by atoms with van der Waals surface area (Å²) < 4.78 is 11.3. The number of carbonyl (C=O) groups is 7. The molecule has 2 aromatic rings. The van der Waals surface area contributed by atoms with E-state index in [1.165, 1.54) is 35.5 Å². The molecule has 0 saturated carbocycles. The smallest absolute Gasteiger partial charge is 0.407 e. The van der Waals surface area contributed by atoms with E-state index in [0.29, 0.717) is 38.5 Å². The van der Waals surface area contributed by atoms with Crippen molar-refractivity contribution in [1.29, 1.82) is 0 Å². The first-order chi connectivity index (χ1) is 31.2. The van der Waals surface area contributed by atoms with Gasteiger partial charge in [-0.25, -0.2) is 4.79 Å². The number of carboxylic acid groups (broad SMARTS) is 2. The SMILES string of the molecule is CCCCCCCCCCCC(CC(=O)O)OC(=O)CN(CCCC)C(=O)CN(CCCC)C(=O)[C@H](CC(=O)O)NC(=O)[C@@H](NC(=O)OCC1c2ccccc2-c2ccccc21)C(C)C. The van der Waals surface area contributed by atoms with Crippen LogP contribution in [0.3, 0.4) is 0 Å². The van der Waals surface area contributed by atoms with Crippen LogP contribution in [-0.2, 0) is 38.2 Å². The molecular formula is C50H74N4O11. The number of amides is 4. The molecule has 3 atom stereocenters. The zero-order valence-corrected chi connectivity index (χ0v) is 39.3. The molecule has 0 fully saturated rings. The lowest BCUT2D eigenvalue weighted by molar-refractivity contribution is -0.157. The average molecular weight is 907 g/mol. The fraction of sp³-hybridized carbons (Fsp3) is 0.620. The number of nitrogens with one attached hydrogen (secondary N) is 2. The Morgan fingerprint density at radius 2 is 1.17 bits per heavy atom. The Morgan fingerprint density at radius 1 is 0.646 bits per heavy atom. The number of hydrogen-bond donors (Lipinski definition) is 4. The fourth-order valence-corrected chi connectivity index (χ4v) is 8.14. The van der Waals surface area contributed by atoms with Crippen LogP contribution in [0.25, 0.3) is 11.1 Å². The Balaban J connectivity index is 1.67. The number of carboxylic acids is 2. The van der Waals surface area contributed by atoms with E-state index in [1.54, 1.807) is 13.8 Å². The molecule has 4 amide bonds. The molecule has 15 heteroatoms. The van der Waals surface area contributed by atoms with Gasteiger partial charge in [0.25, 0.3) is 0 Å². The molecule has 2 aromatic carbocycles. The Morgan fingerprint density at radius 3 is 1.71 bits per heavy atom. The maximum Gasteiger partial charge on any atom is 0.407 e. The van der Waals surface area contributed by atoms with Crippen molar-refractivity contribution in [2.45, 2.75) is 161 Å². The van der Waals surface area contributed by atoms with Crippen molar-refractivity contribution in [3.63, 3.8) is 0 Å². The zero-order valence-electron chi connectivity index (χ0n) is 39.3. The minimum absolute atomic E-state index is 0.00209. The van der Waals surface area contributed by atoms with Gasteiger partial charge in [-0.05, 0) is 53.9 Å². The molecule has 360 valence electrons. The van der Waals surface area contributed by atoms with E-state index in [9.17, 15) is 43.8 Å². The predicted molar refractivity (Wildman–Crippen MR) is 248 cm³/mol. The first-order valence-corrected chi connectivity index (χ1v) is 23.8. The van der Waals surface area contributed by atoms with E-state index in [0.717, 1.165) is 47.9 Å². The second-order valence-corrected chi connectivity index (χ2v) is 17.5. The molecule has 3 rings (SSSR count). The summed E-state index contributed by atoms with van der Waals surface area (Å²) in [6.07, 6.45) is 9.52. The lowest BCUT2D eigenvalue weighted by atomic mass is 9.98. The minimum Gasteiger partial charge on any atom is -0.481 e. The molecule has 0 spiro atoms. The lowest BCUT2D eigenvalue weighted by Gasteiger charge is -2.31. The first kappa shape index (κ1) is 53.9. The molecular weight excluding hydrogens is 833 g/mol. The summed E-state index contributed by atoms with van der Waals surface area (Å²) in [6.45, 7) is 8.60. The van der Waals surface area contributed by atoms with Crippen LogP contribution in [0, 0.1) is 5.92 Å². The predicted octanol–water partition coefficient (Wildman–Crippen LogP) is 8.07. The molecule has 15 nitrogen and oxygen atoms in total. The van der Waals surface area contributed by atoms with Crippen molar-refractivity contribution >= 4 is 41.7 Å². The number of fused-ring (bicyclic) bond motifs is 3. The Hall–Kier alpha value is -5.47. The highest BCUT2D eigenvalue weighted by molar-refractivity contribution is 5.95. The van der Waals surface area contributed by atoms with Crippen LogP contribution in [-0.4, -0.2) is 113 Å². The van der Waals surface area contributed by atoms with Gasteiger partial charge in [-0.2, -0.15) is 0 Å². The Bertz CT molecular complexity index is 1810. The maximum atomic E-state index is 14.2. The van der Waals surface area contributed by atoms with Gasteiger partial charge in [0.05, 0.1) is 19.4 Å². The number of hydrogen-bond acceptors (Lipinski definition) is 9. The highest BCUT2D eigenvalue weighted by atomic mass is 16.6. The third-order valence-corrected chi connectivity index (χ3v) is 11.8. The van der Waals surface area contributed by atoms with E-state index in [2.05, 4.69) is 17.6 Å². The number of esters is 1. The van der Waals surface area contributed by atoms with Crippen molar-refractivity contribution < 1.29 is 53.2 Å². The van der Waals surface area contributed by atoms with Crippen molar-refractivity contribution in [3.05, 3.63) is 59.7 Å². The van der Waals surface area contributed by atoms with E-state index >= 15 is 0 Å². The van der Waals surface area contributed by atoms with Crippen LogP contribution >= 0.6 is 0 Å². The van der Waals surface area contributed by atoms with Crippen LogP contribution in [0.2, 0.25) is 0 Å². The number of nitrogens with zero attached hydrogens (tertiary/aromatic N) is 2. The second-order valence-electron chi connectivity index (χ2n) is 17.5. The first-order valence-electron chi connectivity index (χ1n) is 23.8. The quantitative estimate of drug-likeness (QED) is 0.0408. The van der Waals surface area contributed by atoms with E-state index in [4.69, 9.17) is 9.47 Å². The second kappa shape index (κ2) is 29.1. The third kappa shape index (κ3) is 18.5. The number of alkyl carbamates (subject to hydrolysis) is 1. The molecule has 0 aliphatic heterocycles. The molecule has 0 saturated heterocycles. The summed E-state index contributed by atoms with van der Waals surface area (Å²) >= 11 is 0.